The molecule has 6 heteroatoms. The number of hydrogen-bond donors (Lipinski definition) is 2. The number of halogens is 1. The molecule has 0 aliphatic heterocycles. The van der Waals surface area contributed by atoms with Crippen LogP contribution in [0, 0.1) is 0 Å². The molecule has 100 valence electrons. The van der Waals surface area contributed by atoms with Gasteiger partial charge in [0.15, 0.2) is 0 Å². The Bertz CT molecular complexity index is 528. The SMILES string of the molecule is O=C(CCOc1cccc(Br)c1)NCc1cn[nH]c1. The first kappa shape index (κ1) is 13.6. The first-order chi connectivity index (χ1) is 9.24. The first-order valence-corrected chi connectivity index (χ1v) is 6.66. The average molecular weight is 324 g/mol. The summed E-state index contributed by atoms with van der Waals surface area (Å²) in [7, 11) is 0. The number of nitrogens with zero attached hydrogens (tertiary/aromatic N) is 1. The molecule has 0 aliphatic carbocycles. The lowest BCUT2D eigenvalue weighted by atomic mass is 10.3. The molecule has 0 saturated carbocycles. The number of amides is 1. The zero-order valence-corrected chi connectivity index (χ0v) is 11.8. The van der Waals surface area contributed by atoms with Crippen molar-refractivity contribution in [3.63, 3.8) is 0 Å². The fourth-order valence-electron chi connectivity index (χ4n) is 1.48. The molecule has 2 rings (SSSR count). The minimum absolute atomic E-state index is 0.0452. The summed E-state index contributed by atoms with van der Waals surface area (Å²) in [6, 6.07) is 7.53. The van der Waals surface area contributed by atoms with Crippen LogP contribution in [0.2, 0.25) is 0 Å². The number of carbonyl (C=O) groups excluding carboxylic acids is 1. The molecule has 19 heavy (non-hydrogen) atoms. The largest absolute Gasteiger partial charge is 0.493 e. The van der Waals surface area contributed by atoms with E-state index in [1.807, 2.05) is 24.3 Å². The zero-order chi connectivity index (χ0) is 13.5. The van der Waals surface area contributed by atoms with E-state index in [2.05, 4.69) is 31.4 Å². The topological polar surface area (TPSA) is 67.0 Å². The third-order valence-corrected chi connectivity index (χ3v) is 2.93. The zero-order valence-electron chi connectivity index (χ0n) is 10.2. The number of hydrogen-bond acceptors (Lipinski definition) is 3. The molecule has 1 amide bonds. The Morgan fingerprint density at radius 3 is 3.11 bits per heavy atom. The van der Waals surface area contributed by atoms with Crippen molar-refractivity contribution in [2.24, 2.45) is 0 Å². The van der Waals surface area contributed by atoms with Gasteiger partial charge >= 0.3 is 0 Å². The highest BCUT2D eigenvalue weighted by atomic mass is 79.9. The molecule has 1 aromatic heterocycles. The lowest BCUT2D eigenvalue weighted by Gasteiger charge is -2.07. The number of aromatic amines is 1. The van der Waals surface area contributed by atoms with Gasteiger partial charge in [0.2, 0.25) is 5.91 Å². The van der Waals surface area contributed by atoms with Crippen LogP contribution in [-0.2, 0) is 11.3 Å². The molecular formula is C13H14BrN3O2. The van der Waals surface area contributed by atoms with Crippen LogP contribution in [0.5, 0.6) is 5.75 Å². The Hall–Kier alpha value is -1.82. The Morgan fingerprint density at radius 2 is 2.37 bits per heavy atom. The van der Waals surface area contributed by atoms with E-state index in [1.54, 1.807) is 12.4 Å². The molecule has 5 nitrogen and oxygen atoms in total. The van der Waals surface area contributed by atoms with Crippen molar-refractivity contribution in [2.75, 3.05) is 6.61 Å². The van der Waals surface area contributed by atoms with Crippen molar-refractivity contribution < 1.29 is 9.53 Å². The Kier molecular flexibility index (Phi) is 4.97. The number of aromatic nitrogens is 2. The van der Waals surface area contributed by atoms with E-state index in [1.165, 1.54) is 0 Å². The molecule has 0 bridgehead atoms. The maximum absolute atomic E-state index is 11.6. The van der Waals surface area contributed by atoms with Gasteiger partial charge in [-0.3, -0.25) is 9.89 Å². The van der Waals surface area contributed by atoms with Crippen molar-refractivity contribution in [3.8, 4) is 5.75 Å². The predicted molar refractivity (Wildman–Crippen MR) is 74.7 cm³/mol. The monoisotopic (exact) mass is 323 g/mol. The van der Waals surface area contributed by atoms with E-state index >= 15 is 0 Å². The van der Waals surface area contributed by atoms with Gasteiger partial charge in [-0.05, 0) is 18.2 Å². The van der Waals surface area contributed by atoms with Gasteiger partial charge in [0, 0.05) is 22.8 Å². The van der Waals surface area contributed by atoms with Crippen molar-refractivity contribution in [1.29, 1.82) is 0 Å². The van der Waals surface area contributed by atoms with Crippen LogP contribution in [0.1, 0.15) is 12.0 Å². The van der Waals surface area contributed by atoms with E-state index in [0.29, 0.717) is 19.6 Å². The minimum Gasteiger partial charge on any atom is -0.493 e. The molecule has 0 unspecified atom stereocenters. The molecule has 0 saturated heterocycles. The predicted octanol–water partition coefficient (Wildman–Crippen LogP) is 2.26. The molecule has 2 N–H and O–H groups in total. The van der Waals surface area contributed by atoms with Gasteiger partial charge in [0.05, 0.1) is 19.2 Å². The maximum Gasteiger partial charge on any atom is 0.223 e. The highest BCUT2D eigenvalue weighted by molar-refractivity contribution is 9.10. The van der Waals surface area contributed by atoms with Gasteiger partial charge in [-0.2, -0.15) is 5.10 Å². The summed E-state index contributed by atoms with van der Waals surface area (Å²) >= 11 is 3.36. The van der Waals surface area contributed by atoms with E-state index in [4.69, 9.17) is 4.74 Å². The van der Waals surface area contributed by atoms with E-state index in [9.17, 15) is 4.79 Å². The highest BCUT2D eigenvalue weighted by Crippen LogP contribution is 2.17. The molecule has 0 spiro atoms. The lowest BCUT2D eigenvalue weighted by Crippen LogP contribution is -2.24. The van der Waals surface area contributed by atoms with Gasteiger partial charge in [0.25, 0.3) is 0 Å². The molecule has 0 atom stereocenters. The van der Waals surface area contributed by atoms with Gasteiger partial charge < -0.3 is 10.1 Å². The van der Waals surface area contributed by atoms with Gasteiger partial charge in [-0.15, -0.1) is 0 Å². The first-order valence-electron chi connectivity index (χ1n) is 5.87. The summed E-state index contributed by atoms with van der Waals surface area (Å²) in [5, 5.41) is 9.29. The molecular weight excluding hydrogens is 310 g/mol. The van der Waals surface area contributed by atoms with Gasteiger partial charge in [-0.25, -0.2) is 0 Å². The smallest absolute Gasteiger partial charge is 0.223 e. The van der Waals surface area contributed by atoms with E-state index in [-0.39, 0.29) is 5.91 Å². The summed E-state index contributed by atoms with van der Waals surface area (Å²) in [5.41, 5.74) is 0.946. The van der Waals surface area contributed by atoms with Crippen LogP contribution in [-0.4, -0.2) is 22.7 Å². The summed E-state index contributed by atoms with van der Waals surface area (Å²) in [6.07, 6.45) is 3.75. The van der Waals surface area contributed by atoms with E-state index in [0.717, 1.165) is 15.8 Å². The van der Waals surface area contributed by atoms with Crippen LogP contribution in [0.3, 0.4) is 0 Å². The van der Waals surface area contributed by atoms with Crippen molar-refractivity contribution >= 4 is 21.8 Å². The summed E-state index contributed by atoms with van der Waals surface area (Å²) in [6.45, 7) is 0.833. The third-order valence-electron chi connectivity index (χ3n) is 2.44. The second kappa shape index (κ2) is 6.94. The van der Waals surface area contributed by atoms with Crippen LogP contribution in [0.15, 0.2) is 41.1 Å². The van der Waals surface area contributed by atoms with Crippen molar-refractivity contribution in [3.05, 3.63) is 46.7 Å². The third kappa shape index (κ3) is 4.75. The van der Waals surface area contributed by atoms with Gasteiger partial charge in [-0.1, -0.05) is 22.0 Å². The van der Waals surface area contributed by atoms with Crippen molar-refractivity contribution in [1.82, 2.24) is 15.5 Å². The molecule has 0 aliphatic rings. The highest BCUT2D eigenvalue weighted by Gasteiger charge is 2.03. The molecule has 1 aromatic carbocycles. The van der Waals surface area contributed by atoms with Crippen LogP contribution < -0.4 is 10.1 Å². The number of carbonyl (C=O) groups is 1. The number of rotatable bonds is 6. The molecule has 1 heterocycles. The average Bonchev–Trinajstić information content (AvgIpc) is 2.89. The Labute approximate surface area is 119 Å². The quantitative estimate of drug-likeness (QED) is 0.856. The second-order valence-electron chi connectivity index (χ2n) is 3.94. The Morgan fingerprint density at radius 1 is 1.47 bits per heavy atom. The molecule has 0 radical (unpaired) electrons. The normalized spacial score (nSPS) is 10.2. The van der Waals surface area contributed by atoms with Crippen LogP contribution in [0.4, 0.5) is 0 Å². The standard InChI is InChI=1S/C13H14BrN3O2/c14-11-2-1-3-12(6-11)19-5-4-13(18)15-7-10-8-16-17-9-10/h1-3,6,8-9H,4-5,7H2,(H,15,18)(H,16,17). The Balaban J connectivity index is 1.66. The number of ether oxygens (including phenoxy) is 1. The number of benzene rings is 1. The number of nitrogens with one attached hydrogen (secondary N) is 2. The fraction of sp³-hybridized carbons (Fsp3) is 0.231. The van der Waals surface area contributed by atoms with Crippen LogP contribution in [0.25, 0.3) is 0 Å². The maximum atomic E-state index is 11.6. The fourth-order valence-corrected chi connectivity index (χ4v) is 1.86. The summed E-state index contributed by atoms with van der Waals surface area (Å²) in [5.74, 6) is 0.702. The lowest BCUT2D eigenvalue weighted by molar-refractivity contribution is -0.121. The molecule has 0 fully saturated rings. The summed E-state index contributed by atoms with van der Waals surface area (Å²) < 4.78 is 6.44. The van der Waals surface area contributed by atoms with Crippen LogP contribution >= 0.6 is 15.9 Å². The van der Waals surface area contributed by atoms with Crippen molar-refractivity contribution in [2.45, 2.75) is 13.0 Å². The van der Waals surface area contributed by atoms with E-state index < -0.39 is 0 Å². The molecule has 2 aromatic rings. The number of H-pyrrole nitrogens is 1. The second-order valence-corrected chi connectivity index (χ2v) is 4.85. The van der Waals surface area contributed by atoms with Gasteiger partial charge in [0.1, 0.15) is 5.75 Å². The minimum atomic E-state index is -0.0452. The summed E-state index contributed by atoms with van der Waals surface area (Å²) in [4.78, 5) is 11.6.